The van der Waals surface area contributed by atoms with Crippen molar-refractivity contribution in [3.8, 4) is 11.3 Å². The van der Waals surface area contributed by atoms with Gasteiger partial charge >= 0.3 is 0 Å². The van der Waals surface area contributed by atoms with Crippen LogP contribution in [0, 0.1) is 0 Å². The lowest BCUT2D eigenvalue weighted by atomic mass is 10.0. The van der Waals surface area contributed by atoms with Gasteiger partial charge in [-0.15, -0.1) is 0 Å². The van der Waals surface area contributed by atoms with E-state index < -0.39 is 0 Å². The van der Waals surface area contributed by atoms with Crippen LogP contribution in [0.2, 0.25) is 0 Å². The second-order valence-electron chi connectivity index (χ2n) is 5.26. The molecule has 4 heteroatoms. The number of hydrogen-bond acceptors (Lipinski definition) is 3. The first kappa shape index (κ1) is 14.1. The van der Waals surface area contributed by atoms with Crippen LogP contribution in [0.3, 0.4) is 0 Å². The number of carbonyl (C=O) groups excluding carboxylic acids is 1. The van der Waals surface area contributed by atoms with Crippen molar-refractivity contribution in [2.75, 3.05) is 14.1 Å². The van der Waals surface area contributed by atoms with Crippen LogP contribution in [0.25, 0.3) is 16.8 Å². The van der Waals surface area contributed by atoms with E-state index in [-0.39, 0.29) is 5.78 Å². The van der Waals surface area contributed by atoms with Gasteiger partial charge in [0, 0.05) is 38.1 Å². The number of hydrogen-bond donors (Lipinski definition) is 0. The van der Waals surface area contributed by atoms with Crippen LogP contribution in [0.5, 0.6) is 0 Å². The van der Waals surface area contributed by atoms with Crippen LogP contribution in [0.1, 0.15) is 10.4 Å². The molecule has 0 aliphatic carbocycles. The molecule has 0 saturated heterocycles. The molecule has 0 atom stereocenters. The summed E-state index contributed by atoms with van der Waals surface area (Å²) >= 11 is 0. The number of rotatable bonds is 4. The van der Waals surface area contributed by atoms with Gasteiger partial charge in [-0.05, 0) is 12.1 Å². The van der Waals surface area contributed by atoms with Gasteiger partial charge in [-0.3, -0.25) is 4.79 Å². The zero-order valence-electron chi connectivity index (χ0n) is 12.6. The number of pyridine rings is 1. The van der Waals surface area contributed by atoms with Crippen molar-refractivity contribution in [3.63, 3.8) is 0 Å². The zero-order chi connectivity index (χ0) is 15.5. The van der Waals surface area contributed by atoms with E-state index in [1.807, 2.05) is 73.7 Å². The average Bonchev–Trinajstić information content (AvgIpc) is 2.93. The number of benzene rings is 1. The van der Waals surface area contributed by atoms with Crippen LogP contribution in [-0.2, 0) is 0 Å². The molecule has 0 bridgehead atoms. The molecule has 3 rings (SSSR count). The van der Waals surface area contributed by atoms with Gasteiger partial charge in [0.25, 0.3) is 0 Å². The maximum atomic E-state index is 12.7. The molecule has 0 aliphatic rings. The van der Waals surface area contributed by atoms with Gasteiger partial charge in [0.2, 0.25) is 0 Å². The summed E-state index contributed by atoms with van der Waals surface area (Å²) in [6.45, 7) is 0. The van der Waals surface area contributed by atoms with E-state index in [0.717, 1.165) is 11.1 Å². The SMILES string of the molecule is CN(C)/C=C/C(=O)c1c(-c2ccccc2)nn2ccccc12. The minimum Gasteiger partial charge on any atom is -0.383 e. The van der Waals surface area contributed by atoms with Crippen molar-refractivity contribution in [1.29, 1.82) is 0 Å². The largest absolute Gasteiger partial charge is 0.383 e. The Morgan fingerprint density at radius 1 is 1.09 bits per heavy atom. The molecule has 0 aliphatic heterocycles. The average molecular weight is 291 g/mol. The third kappa shape index (κ3) is 2.63. The summed E-state index contributed by atoms with van der Waals surface area (Å²) < 4.78 is 1.75. The number of allylic oxidation sites excluding steroid dienone is 1. The number of aromatic nitrogens is 2. The molecule has 0 saturated carbocycles. The first-order valence-corrected chi connectivity index (χ1v) is 7.08. The van der Waals surface area contributed by atoms with Gasteiger partial charge in [0.05, 0.1) is 11.1 Å². The Hall–Kier alpha value is -2.88. The van der Waals surface area contributed by atoms with E-state index in [2.05, 4.69) is 5.10 Å². The summed E-state index contributed by atoms with van der Waals surface area (Å²) in [5.41, 5.74) is 3.09. The number of nitrogens with zero attached hydrogens (tertiary/aromatic N) is 3. The van der Waals surface area contributed by atoms with Gasteiger partial charge in [0.1, 0.15) is 5.69 Å². The van der Waals surface area contributed by atoms with Crippen molar-refractivity contribution in [2.24, 2.45) is 0 Å². The zero-order valence-corrected chi connectivity index (χ0v) is 12.6. The van der Waals surface area contributed by atoms with Crippen LogP contribution >= 0.6 is 0 Å². The van der Waals surface area contributed by atoms with E-state index in [4.69, 9.17) is 0 Å². The molecule has 1 aromatic carbocycles. The van der Waals surface area contributed by atoms with E-state index in [1.54, 1.807) is 16.8 Å². The Balaban J connectivity index is 2.20. The maximum Gasteiger partial charge on any atom is 0.191 e. The fraction of sp³-hybridized carbons (Fsp3) is 0.111. The normalized spacial score (nSPS) is 11.2. The fourth-order valence-corrected chi connectivity index (χ4v) is 2.34. The lowest BCUT2D eigenvalue weighted by Gasteiger charge is -2.03. The van der Waals surface area contributed by atoms with Gasteiger partial charge in [-0.25, -0.2) is 4.52 Å². The van der Waals surface area contributed by atoms with Crippen LogP contribution in [0.4, 0.5) is 0 Å². The summed E-state index contributed by atoms with van der Waals surface area (Å²) in [5, 5.41) is 4.58. The van der Waals surface area contributed by atoms with E-state index in [9.17, 15) is 4.79 Å². The van der Waals surface area contributed by atoms with Crippen LogP contribution in [-0.4, -0.2) is 34.4 Å². The third-order valence-electron chi connectivity index (χ3n) is 3.36. The minimum absolute atomic E-state index is 0.0475. The van der Waals surface area contributed by atoms with Gasteiger partial charge in [0.15, 0.2) is 5.78 Å². The minimum atomic E-state index is -0.0475. The van der Waals surface area contributed by atoms with E-state index in [0.29, 0.717) is 11.3 Å². The summed E-state index contributed by atoms with van der Waals surface area (Å²) in [4.78, 5) is 14.5. The highest BCUT2D eigenvalue weighted by Gasteiger charge is 2.18. The molecule has 0 spiro atoms. The Bertz CT molecular complexity index is 832. The number of carbonyl (C=O) groups is 1. The molecule has 0 N–H and O–H groups in total. The topological polar surface area (TPSA) is 37.6 Å². The molecule has 2 heterocycles. The lowest BCUT2D eigenvalue weighted by molar-refractivity contribution is 0.104. The Kier molecular flexibility index (Phi) is 3.74. The second-order valence-corrected chi connectivity index (χ2v) is 5.26. The lowest BCUT2D eigenvalue weighted by Crippen LogP contribution is -2.03. The number of ketones is 1. The summed E-state index contributed by atoms with van der Waals surface area (Å²) in [6, 6.07) is 15.5. The van der Waals surface area contributed by atoms with Crippen molar-refractivity contribution in [1.82, 2.24) is 14.5 Å². The highest BCUT2D eigenvalue weighted by atomic mass is 16.1. The first-order chi connectivity index (χ1) is 10.7. The van der Waals surface area contributed by atoms with E-state index in [1.165, 1.54) is 0 Å². The predicted molar refractivity (Wildman–Crippen MR) is 87.8 cm³/mol. The first-order valence-electron chi connectivity index (χ1n) is 7.08. The molecule has 110 valence electrons. The molecule has 4 nitrogen and oxygen atoms in total. The van der Waals surface area contributed by atoms with Gasteiger partial charge in [-0.2, -0.15) is 5.10 Å². The highest BCUT2D eigenvalue weighted by Crippen LogP contribution is 2.26. The van der Waals surface area contributed by atoms with Crippen LogP contribution < -0.4 is 0 Å². The Morgan fingerprint density at radius 2 is 1.82 bits per heavy atom. The monoisotopic (exact) mass is 291 g/mol. The van der Waals surface area contributed by atoms with Crippen LogP contribution in [0.15, 0.2) is 67.0 Å². The van der Waals surface area contributed by atoms with Crippen molar-refractivity contribution < 1.29 is 4.79 Å². The molecule has 3 aromatic rings. The highest BCUT2D eigenvalue weighted by molar-refractivity contribution is 6.13. The fourth-order valence-electron chi connectivity index (χ4n) is 2.34. The summed E-state index contributed by atoms with van der Waals surface area (Å²) in [5.74, 6) is -0.0475. The molecular weight excluding hydrogens is 274 g/mol. The molecule has 22 heavy (non-hydrogen) atoms. The second kappa shape index (κ2) is 5.85. The van der Waals surface area contributed by atoms with Crippen molar-refractivity contribution >= 4 is 11.3 Å². The van der Waals surface area contributed by atoms with Gasteiger partial charge in [-0.1, -0.05) is 36.4 Å². The molecular formula is C18H17N3O. The van der Waals surface area contributed by atoms with Crippen molar-refractivity contribution in [2.45, 2.75) is 0 Å². The summed E-state index contributed by atoms with van der Waals surface area (Å²) in [7, 11) is 3.77. The molecule has 0 amide bonds. The number of fused-ring (bicyclic) bond motifs is 1. The Labute approximate surface area is 129 Å². The smallest absolute Gasteiger partial charge is 0.191 e. The van der Waals surface area contributed by atoms with Crippen molar-refractivity contribution in [3.05, 3.63) is 72.6 Å². The molecule has 2 aromatic heterocycles. The summed E-state index contributed by atoms with van der Waals surface area (Å²) in [6.07, 6.45) is 5.19. The molecule has 0 radical (unpaired) electrons. The Morgan fingerprint density at radius 3 is 2.55 bits per heavy atom. The third-order valence-corrected chi connectivity index (χ3v) is 3.36. The predicted octanol–water partition coefficient (Wildman–Crippen LogP) is 3.26. The van der Waals surface area contributed by atoms with E-state index >= 15 is 0 Å². The maximum absolute atomic E-state index is 12.7. The standard InChI is InChI=1S/C18H17N3O/c1-20(2)13-11-16(22)17-15-10-6-7-12-21(15)19-18(17)14-8-4-3-5-9-14/h3-13H,1-2H3/b13-11+. The molecule has 0 fully saturated rings. The molecule has 0 unspecified atom stereocenters. The van der Waals surface area contributed by atoms with Gasteiger partial charge < -0.3 is 4.90 Å². The quantitative estimate of drug-likeness (QED) is 0.547.